The third-order valence-corrected chi connectivity index (χ3v) is 7.01. The van der Waals surface area contributed by atoms with Crippen molar-refractivity contribution in [1.82, 2.24) is 15.0 Å². The molecule has 3 heterocycles. The predicted molar refractivity (Wildman–Crippen MR) is 111 cm³/mol. The molecule has 1 aliphatic carbocycles. The summed E-state index contributed by atoms with van der Waals surface area (Å²) in [5.74, 6) is 0.274. The van der Waals surface area contributed by atoms with Gasteiger partial charge in [0.2, 0.25) is 5.91 Å². The van der Waals surface area contributed by atoms with Gasteiger partial charge in [0.1, 0.15) is 10.8 Å². The van der Waals surface area contributed by atoms with Gasteiger partial charge in [-0.05, 0) is 38.7 Å². The van der Waals surface area contributed by atoms with Crippen molar-refractivity contribution in [2.75, 3.05) is 31.5 Å². The molecule has 1 unspecified atom stereocenters. The lowest BCUT2D eigenvalue weighted by molar-refractivity contribution is -0.121. The zero-order valence-electron chi connectivity index (χ0n) is 16.9. The smallest absolute Gasteiger partial charge is 0.251 e. The highest BCUT2D eigenvalue weighted by atomic mass is 32.1. The molecule has 156 valence electrons. The number of piperazine rings is 1. The number of carbonyl (C=O) groups is 2. The highest BCUT2D eigenvalue weighted by Crippen LogP contribution is 2.38. The molecular weight excluding hydrogens is 390 g/mol. The number of fused-ring (bicyclic) bond motifs is 1. The molecule has 8 nitrogen and oxygen atoms in total. The van der Waals surface area contributed by atoms with Gasteiger partial charge < -0.3 is 15.6 Å². The molecule has 3 N–H and O–H groups in total. The van der Waals surface area contributed by atoms with Crippen molar-refractivity contribution in [3.63, 3.8) is 0 Å². The van der Waals surface area contributed by atoms with Crippen LogP contribution in [0.1, 0.15) is 45.6 Å². The van der Waals surface area contributed by atoms with Crippen molar-refractivity contribution in [2.24, 2.45) is 5.73 Å². The zero-order chi connectivity index (χ0) is 20.5. The molecule has 2 aromatic rings. The van der Waals surface area contributed by atoms with Gasteiger partial charge in [0.25, 0.3) is 5.91 Å². The maximum atomic E-state index is 12.9. The first-order chi connectivity index (χ1) is 13.9. The number of nitrogens with two attached hydrogens (primary N) is 1. The van der Waals surface area contributed by atoms with Crippen molar-refractivity contribution in [2.45, 2.75) is 45.7 Å². The highest BCUT2D eigenvalue weighted by Gasteiger charge is 2.30. The van der Waals surface area contributed by atoms with Crippen LogP contribution in [-0.4, -0.2) is 59.0 Å². The van der Waals surface area contributed by atoms with Crippen LogP contribution in [-0.2, 0) is 24.2 Å². The molecule has 9 heteroatoms. The largest absolute Gasteiger partial charge is 0.365 e. The third-order valence-electron chi connectivity index (χ3n) is 5.80. The second kappa shape index (κ2) is 8.25. The fourth-order valence-electron chi connectivity index (χ4n) is 4.17. The van der Waals surface area contributed by atoms with Crippen LogP contribution < -0.4 is 11.1 Å². The van der Waals surface area contributed by atoms with Gasteiger partial charge in [-0.1, -0.05) is 5.16 Å². The van der Waals surface area contributed by atoms with Crippen LogP contribution in [0, 0.1) is 6.92 Å². The van der Waals surface area contributed by atoms with E-state index in [0.29, 0.717) is 10.6 Å². The molecule has 2 aliphatic rings. The van der Waals surface area contributed by atoms with Gasteiger partial charge >= 0.3 is 0 Å². The first kappa shape index (κ1) is 20.1. The van der Waals surface area contributed by atoms with Crippen LogP contribution in [0.3, 0.4) is 0 Å². The Balaban J connectivity index is 1.34. The summed E-state index contributed by atoms with van der Waals surface area (Å²) < 4.78 is 5.13. The molecule has 0 radical (unpaired) electrons. The maximum Gasteiger partial charge on any atom is 0.251 e. The Bertz CT molecular complexity index is 913. The van der Waals surface area contributed by atoms with E-state index in [0.717, 1.165) is 69.0 Å². The summed E-state index contributed by atoms with van der Waals surface area (Å²) in [6.07, 6.45) is 2.87. The lowest BCUT2D eigenvalue weighted by atomic mass is 10.1. The Morgan fingerprint density at radius 2 is 2.07 bits per heavy atom. The molecule has 0 bridgehead atoms. The summed E-state index contributed by atoms with van der Waals surface area (Å²) in [6, 6.07) is 1.68. The van der Waals surface area contributed by atoms with Crippen LogP contribution in [0.5, 0.6) is 0 Å². The van der Waals surface area contributed by atoms with E-state index in [1.54, 1.807) is 0 Å². The number of aryl methyl sites for hydroxylation is 2. The molecular formula is C20H27N5O3S. The van der Waals surface area contributed by atoms with E-state index in [-0.39, 0.29) is 11.9 Å². The number of thiophene rings is 1. The van der Waals surface area contributed by atoms with Gasteiger partial charge in [0, 0.05) is 43.7 Å². The number of carbonyl (C=O) groups excluding carboxylic acids is 2. The SMILES string of the molecule is Cc1cc(CN2CCN(C(C)C(=O)Nc3sc4c(c3C(N)=O)CCC4)CC2)no1. The van der Waals surface area contributed by atoms with Crippen LogP contribution in [0.4, 0.5) is 5.00 Å². The molecule has 29 heavy (non-hydrogen) atoms. The average Bonchev–Trinajstić information content (AvgIpc) is 3.37. The lowest BCUT2D eigenvalue weighted by Crippen LogP contribution is -2.52. The van der Waals surface area contributed by atoms with Gasteiger partial charge in [-0.2, -0.15) is 0 Å². The van der Waals surface area contributed by atoms with E-state index >= 15 is 0 Å². The van der Waals surface area contributed by atoms with Gasteiger partial charge in [0.15, 0.2) is 0 Å². The monoisotopic (exact) mass is 417 g/mol. The number of primary amides is 1. The summed E-state index contributed by atoms with van der Waals surface area (Å²) in [5.41, 5.74) is 8.07. The first-order valence-corrected chi connectivity index (χ1v) is 10.9. The van der Waals surface area contributed by atoms with Crippen LogP contribution >= 0.6 is 11.3 Å². The fourth-order valence-corrected chi connectivity index (χ4v) is 5.46. The van der Waals surface area contributed by atoms with Crippen LogP contribution in [0.25, 0.3) is 0 Å². The molecule has 0 spiro atoms. The van der Waals surface area contributed by atoms with Gasteiger partial charge in [0.05, 0.1) is 17.3 Å². The Morgan fingerprint density at radius 1 is 1.31 bits per heavy atom. The minimum atomic E-state index is -0.455. The van der Waals surface area contributed by atoms with Gasteiger partial charge in [-0.3, -0.25) is 19.4 Å². The van der Waals surface area contributed by atoms with Crippen molar-refractivity contribution in [1.29, 1.82) is 0 Å². The number of aromatic nitrogens is 1. The summed E-state index contributed by atoms with van der Waals surface area (Å²) in [4.78, 5) is 30.5. The van der Waals surface area contributed by atoms with Crippen molar-refractivity contribution < 1.29 is 14.1 Å². The second-order valence-electron chi connectivity index (χ2n) is 7.83. The number of hydrogen-bond acceptors (Lipinski definition) is 7. The minimum absolute atomic E-state index is 0.0898. The molecule has 0 saturated carbocycles. The Labute approximate surface area is 174 Å². The van der Waals surface area contributed by atoms with Crippen LogP contribution in [0.15, 0.2) is 10.6 Å². The molecule has 0 aromatic carbocycles. The molecule has 2 amide bonds. The summed E-state index contributed by atoms with van der Waals surface area (Å²) in [5, 5.41) is 7.63. The predicted octanol–water partition coefficient (Wildman–Crippen LogP) is 1.78. The topological polar surface area (TPSA) is 105 Å². The first-order valence-electron chi connectivity index (χ1n) is 10.1. The van der Waals surface area contributed by atoms with Gasteiger partial charge in [-0.25, -0.2) is 0 Å². The standard InChI is InChI=1S/C20H27N5O3S/c1-12-10-14(23-28-12)11-24-6-8-25(9-7-24)13(2)19(27)22-20-17(18(21)26)15-4-3-5-16(15)29-20/h10,13H,3-9,11H2,1-2H3,(H2,21,26)(H,22,27). The number of amides is 2. The second-order valence-corrected chi connectivity index (χ2v) is 8.94. The van der Waals surface area contributed by atoms with E-state index in [1.807, 2.05) is 19.9 Å². The summed E-state index contributed by atoms with van der Waals surface area (Å²) >= 11 is 1.50. The Morgan fingerprint density at radius 3 is 2.72 bits per heavy atom. The Kier molecular flexibility index (Phi) is 5.71. The number of nitrogens with one attached hydrogen (secondary N) is 1. The van der Waals surface area contributed by atoms with E-state index in [1.165, 1.54) is 16.2 Å². The quantitative estimate of drug-likeness (QED) is 0.742. The zero-order valence-corrected chi connectivity index (χ0v) is 17.7. The summed E-state index contributed by atoms with van der Waals surface area (Å²) in [7, 11) is 0. The molecule has 1 fully saturated rings. The minimum Gasteiger partial charge on any atom is -0.365 e. The molecule has 1 saturated heterocycles. The van der Waals surface area contributed by atoms with E-state index in [4.69, 9.17) is 10.3 Å². The van der Waals surface area contributed by atoms with Gasteiger partial charge in [-0.15, -0.1) is 11.3 Å². The highest BCUT2D eigenvalue weighted by molar-refractivity contribution is 7.17. The maximum absolute atomic E-state index is 12.9. The van der Waals surface area contributed by atoms with Crippen LogP contribution in [0.2, 0.25) is 0 Å². The number of nitrogens with zero attached hydrogens (tertiary/aromatic N) is 3. The number of anilines is 1. The normalized spacial score (nSPS) is 18.6. The third kappa shape index (κ3) is 4.22. The molecule has 2 aromatic heterocycles. The number of hydrogen-bond donors (Lipinski definition) is 2. The summed E-state index contributed by atoms with van der Waals surface area (Å²) in [6.45, 7) is 7.89. The van der Waals surface area contributed by atoms with E-state index in [2.05, 4.69) is 20.3 Å². The van der Waals surface area contributed by atoms with Crippen molar-refractivity contribution in [3.05, 3.63) is 33.5 Å². The lowest BCUT2D eigenvalue weighted by Gasteiger charge is -2.37. The molecule has 1 aliphatic heterocycles. The van der Waals surface area contributed by atoms with Crippen molar-refractivity contribution >= 4 is 28.2 Å². The Hall–Kier alpha value is -2.23. The average molecular weight is 418 g/mol. The molecule has 1 atom stereocenters. The fraction of sp³-hybridized carbons (Fsp3) is 0.550. The van der Waals surface area contributed by atoms with E-state index in [9.17, 15) is 9.59 Å². The molecule has 4 rings (SSSR count). The van der Waals surface area contributed by atoms with Crippen molar-refractivity contribution in [3.8, 4) is 0 Å². The van der Waals surface area contributed by atoms with E-state index < -0.39 is 5.91 Å². The number of rotatable bonds is 6.